The molecule has 1 aromatic rings. The molecule has 0 aliphatic carbocycles. The molecule has 70 valence electrons. The number of rotatable bonds is 3. The Balaban J connectivity index is 2.87. The maximum atomic E-state index is 10.4. The fourth-order valence-electron chi connectivity index (χ4n) is 1.01. The van der Waals surface area contributed by atoms with E-state index in [0.29, 0.717) is 12.7 Å². The Morgan fingerprint density at radius 3 is 2.86 bits per heavy atom. The number of hydrogen-bond acceptors (Lipinski definition) is 3. The van der Waals surface area contributed by atoms with Crippen LogP contribution in [0, 0.1) is 11.3 Å². The van der Waals surface area contributed by atoms with Gasteiger partial charge in [0.05, 0.1) is 18.1 Å². The van der Waals surface area contributed by atoms with Gasteiger partial charge in [-0.2, -0.15) is 5.26 Å². The molecule has 0 bridgehead atoms. The molecule has 3 nitrogen and oxygen atoms in total. The van der Waals surface area contributed by atoms with Crippen LogP contribution in [0.2, 0.25) is 0 Å². The number of allylic oxidation sites excluding steroid dienone is 1. The van der Waals surface area contributed by atoms with Crippen LogP contribution in [-0.4, -0.2) is 11.4 Å². The van der Waals surface area contributed by atoms with Crippen molar-refractivity contribution >= 4 is 12.4 Å². The molecule has 0 saturated heterocycles. The van der Waals surface area contributed by atoms with Crippen molar-refractivity contribution in [1.82, 2.24) is 0 Å². The van der Waals surface area contributed by atoms with E-state index in [9.17, 15) is 9.90 Å². The Labute approximate surface area is 81.9 Å². The molecule has 0 radical (unpaired) electrons. The molecular weight excluding hydrogens is 178 g/mol. The quantitative estimate of drug-likeness (QED) is 0.737. The summed E-state index contributed by atoms with van der Waals surface area (Å²) in [6.07, 6.45) is 4.33. The van der Waals surface area contributed by atoms with Crippen molar-refractivity contribution < 1.29 is 9.90 Å². The van der Waals surface area contributed by atoms with Crippen LogP contribution in [-0.2, 0) is 0 Å². The summed E-state index contributed by atoms with van der Waals surface area (Å²) in [5.74, 6) is -0.0425. The maximum Gasteiger partial charge on any atom is 0.153 e. The largest absolute Gasteiger partial charge is 0.507 e. The zero-order valence-corrected chi connectivity index (χ0v) is 7.47. The Morgan fingerprint density at radius 2 is 2.29 bits per heavy atom. The monoisotopic (exact) mass is 187 g/mol. The standard InChI is InChI=1S/C11H9NO2/c12-6-2-1-3-9-4-5-10(8-13)11(14)7-9/h1,3-5,7-8,14H,2H2. The van der Waals surface area contributed by atoms with Crippen LogP contribution in [0.1, 0.15) is 22.3 Å². The summed E-state index contributed by atoms with van der Waals surface area (Å²) in [6, 6.07) is 6.70. The van der Waals surface area contributed by atoms with Gasteiger partial charge in [0.25, 0.3) is 0 Å². The van der Waals surface area contributed by atoms with Gasteiger partial charge in [-0.3, -0.25) is 4.79 Å². The lowest BCUT2D eigenvalue weighted by Crippen LogP contribution is -1.81. The number of carbonyl (C=O) groups is 1. The van der Waals surface area contributed by atoms with E-state index in [-0.39, 0.29) is 11.3 Å². The number of phenols is 1. The molecule has 0 amide bonds. The number of phenolic OH excluding ortho intramolecular Hbond substituents is 1. The second kappa shape index (κ2) is 4.83. The van der Waals surface area contributed by atoms with Gasteiger partial charge < -0.3 is 5.11 Å². The highest BCUT2D eigenvalue weighted by atomic mass is 16.3. The SMILES string of the molecule is N#CCC=Cc1ccc(C=O)c(O)c1. The van der Waals surface area contributed by atoms with Crippen molar-refractivity contribution in [2.24, 2.45) is 0 Å². The molecule has 0 spiro atoms. The first-order valence-corrected chi connectivity index (χ1v) is 4.09. The third kappa shape index (κ3) is 2.46. The van der Waals surface area contributed by atoms with Gasteiger partial charge in [-0.25, -0.2) is 0 Å². The number of nitriles is 1. The van der Waals surface area contributed by atoms with Gasteiger partial charge in [0, 0.05) is 0 Å². The smallest absolute Gasteiger partial charge is 0.153 e. The Hall–Kier alpha value is -2.08. The number of aromatic hydroxyl groups is 1. The first kappa shape index (κ1) is 10.0. The van der Waals surface area contributed by atoms with E-state index in [4.69, 9.17) is 5.26 Å². The molecule has 0 unspecified atom stereocenters. The minimum Gasteiger partial charge on any atom is -0.507 e. The van der Waals surface area contributed by atoms with Crippen LogP contribution in [0.25, 0.3) is 6.08 Å². The van der Waals surface area contributed by atoms with Gasteiger partial charge in [-0.15, -0.1) is 0 Å². The molecule has 0 aliphatic rings. The Morgan fingerprint density at radius 1 is 1.50 bits per heavy atom. The molecular formula is C11H9NO2. The van der Waals surface area contributed by atoms with E-state index >= 15 is 0 Å². The van der Waals surface area contributed by atoms with Crippen molar-refractivity contribution in [3.05, 3.63) is 35.4 Å². The lowest BCUT2D eigenvalue weighted by Gasteiger charge is -1.97. The van der Waals surface area contributed by atoms with Crippen molar-refractivity contribution in [3.8, 4) is 11.8 Å². The van der Waals surface area contributed by atoms with Gasteiger partial charge in [0.2, 0.25) is 0 Å². The van der Waals surface area contributed by atoms with Gasteiger partial charge in [0.1, 0.15) is 5.75 Å². The molecule has 14 heavy (non-hydrogen) atoms. The van der Waals surface area contributed by atoms with E-state index in [1.807, 2.05) is 6.07 Å². The molecule has 3 heteroatoms. The Kier molecular flexibility index (Phi) is 3.45. The minimum absolute atomic E-state index is 0.0425. The molecule has 0 heterocycles. The van der Waals surface area contributed by atoms with Crippen LogP contribution < -0.4 is 0 Å². The number of aldehydes is 1. The van der Waals surface area contributed by atoms with Crippen LogP contribution >= 0.6 is 0 Å². The highest BCUT2D eigenvalue weighted by Gasteiger charge is 1.98. The number of carbonyl (C=O) groups excluding carboxylic acids is 1. The summed E-state index contributed by atoms with van der Waals surface area (Å²) < 4.78 is 0. The van der Waals surface area contributed by atoms with Crippen molar-refractivity contribution in [2.75, 3.05) is 0 Å². The molecule has 0 aromatic heterocycles. The number of hydrogen-bond donors (Lipinski definition) is 1. The second-order valence-electron chi connectivity index (χ2n) is 2.70. The molecule has 0 fully saturated rings. The first-order chi connectivity index (χ1) is 6.77. The molecule has 1 aromatic carbocycles. The van der Waals surface area contributed by atoms with E-state index < -0.39 is 0 Å². The second-order valence-corrected chi connectivity index (χ2v) is 2.70. The van der Waals surface area contributed by atoms with E-state index in [1.165, 1.54) is 12.1 Å². The normalized spacial score (nSPS) is 9.93. The minimum atomic E-state index is -0.0425. The first-order valence-electron chi connectivity index (χ1n) is 4.09. The lowest BCUT2D eigenvalue weighted by atomic mass is 10.1. The highest BCUT2D eigenvalue weighted by molar-refractivity contribution is 5.79. The summed E-state index contributed by atoms with van der Waals surface area (Å²) in [5.41, 5.74) is 1.03. The van der Waals surface area contributed by atoms with Crippen LogP contribution in [0.15, 0.2) is 24.3 Å². The summed E-state index contributed by atoms with van der Waals surface area (Å²) in [6.45, 7) is 0. The fraction of sp³-hybridized carbons (Fsp3) is 0.0909. The third-order valence-corrected chi connectivity index (χ3v) is 1.70. The predicted molar refractivity (Wildman–Crippen MR) is 52.8 cm³/mol. The average Bonchev–Trinajstić information content (AvgIpc) is 2.18. The summed E-state index contributed by atoms with van der Waals surface area (Å²) in [5, 5.41) is 17.6. The van der Waals surface area contributed by atoms with Crippen molar-refractivity contribution in [3.63, 3.8) is 0 Å². The average molecular weight is 187 g/mol. The lowest BCUT2D eigenvalue weighted by molar-refractivity contribution is 0.112. The molecule has 1 N–H and O–H groups in total. The molecule has 0 atom stereocenters. The number of benzene rings is 1. The van der Waals surface area contributed by atoms with Crippen molar-refractivity contribution in [1.29, 1.82) is 5.26 Å². The van der Waals surface area contributed by atoms with Crippen molar-refractivity contribution in [2.45, 2.75) is 6.42 Å². The predicted octanol–water partition coefficient (Wildman–Crippen LogP) is 2.13. The van der Waals surface area contributed by atoms with E-state index in [1.54, 1.807) is 18.2 Å². The molecule has 0 saturated carbocycles. The zero-order chi connectivity index (χ0) is 10.4. The Bertz CT molecular complexity index is 402. The van der Waals surface area contributed by atoms with Crippen LogP contribution in [0.4, 0.5) is 0 Å². The maximum absolute atomic E-state index is 10.4. The summed E-state index contributed by atoms with van der Waals surface area (Å²) in [7, 11) is 0. The summed E-state index contributed by atoms with van der Waals surface area (Å²) in [4.78, 5) is 10.4. The van der Waals surface area contributed by atoms with Gasteiger partial charge in [-0.05, 0) is 17.7 Å². The van der Waals surface area contributed by atoms with Gasteiger partial charge in [-0.1, -0.05) is 18.2 Å². The zero-order valence-electron chi connectivity index (χ0n) is 7.47. The topological polar surface area (TPSA) is 61.1 Å². The van der Waals surface area contributed by atoms with E-state index in [2.05, 4.69) is 0 Å². The third-order valence-electron chi connectivity index (χ3n) is 1.70. The number of nitrogens with zero attached hydrogens (tertiary/aromatic N) is 1. The van der Waals surface area contributed by atoms with Gasteiger partial charge in [0.15, 0.2) is 6.29 Å². The van der Waals surface area contributed by atoms with Crippen LogP contribution in [0.3, 0.4) is 0 Å². The fourth-order valence-corrected chi connectivity index (χ4v) is 1.01. The van der Waals surface area contributed by atoms with Gasteiger partial charge >= 0.3 is 0 Å². The molecule has 0 aliphatic heterocycles. The highest BCUT2D eigenvalue weighted by Crippen LogP contribution is 2.17. The van der Waals surface area contributed by atoms with E-state index in [0.717, 1.165) is 5.56 Å². The summed E-state index contributed by atoms with van der Waals surface area (Å²) >= 11 is 0. The van der Waals surface area contributed by atoms with Crippen LogP contribution in [0.5, 0.6) is 5.75 Å². The molecule has 1 rings (SSSR count).